The van der Waals surface area contributed by atoms with Crippen molar-refractivity contribution in [1.29, 1.82) is 0 Å². The Hall–Kier alpha value is -3.91. The molecule has 0 aliphatic carbocycles. The van der Waals surface area contributed by atoms with Gasteiger partial charge in [0.2, 0.25) is 0 Å². The molecule has 0 unspecified atom stereocenters. The highest BCUT2D eigenvalue weighted by Gasteiger charge is 2.24. The van der Waals surface area contributed by atoms with Crippen LogP contribution >= 0.6 is 11.3 Å². The first-order chi connectivity index (χ1) is 16.8. The van der Waals surface area contributed by atoms with Crippen molar-refractivity contribution >= 4 is 44.8 Å². The van der Waals surface area contributed by atoms with Gasteiger partial charge in [0.25, 0.3) is 0 Å². The van der Waals surface area contributed by atoms with Crippen molar-refractivity contribution in [1.82, 2.24) is 4.98 Å². The fraction of sp³-hybridized carbons (Fsp3) is 0.222. The second-order valence-electron chi connectivity index (χ2n) is 8.98. The molecule has 0 saturated carbocycles. The highest BCUT2D eigenvalue weighted by molar-refractivity contribution is 7.16. The molecule has 0 atom stereocenters. The SMILES string of the molecule is COC(=O)c1cc(C(C)(C)C)sc1NC(=O)Nc1ccc(OCc2ccncc2)c2ccccc12. The number of carbonyl (C=O) groups excluding carboxylic acids is 2. The molecule has 0 fully saturated rings. The van der Waals surface area contributed by atoms with E-state index in [2.05, 4.69) is 15.6 Å². The van der Waals surface area contributed by atoms with E-state index in [1.807, 2.05) is 63.2 Å². The number of ether oxygens (including phenoxy) is 2. The van der Waals surface area contributed by atoms with Gasteiger partial charge in [-0.2, -0.15) is 0 Å². The number of thiophene rings is 1. The number of pyridine rings is 1. The molecule has 0 aliphatic rings. The lowest BCUT2D eigenvalue weighted by molar-refractivity contribution is 0.0602. The van der Waals surface area contributed by atoms with Crippen molar-refractivity contribution in [3.63, 3.8) is 0 Å². The Balaban J connectivity index is 1.56. The number of urea groups is 1. The summed E-state index contributed by atoms with van der Waals surface area (Å²) in [7, 11) is 1.32. The fourth-order valence-electron chi connectivity index (χ4n) is 3.52. The van der Waals surface area contributed by atoms with Crippen molar-refractivity contribution < 1.29 is 19.1 Å². The smallest absolute Gasteiger partial charge is 0.340 e. The third-order valence-corrected chi connectivity index (χ3v) is 6.86. The van der Waals surface area contributed by atoms with Gasteiger partial charge in [0.05, 0.1) is 18.4 Å². The van der Waals surface area contributed by atoms with Gasteiger partial charge in [-0.1, -0.05) is 45.0 Å². The minimum absolute atomic E-state index is 0.174. The van der Waals surface area contributed by atoms with Gasteiger partial charge >= 0.3 is 12.0 Å². The highest BCUT2D eigenvalue weighted by atomic mass is 32.1. The number of esters is 1. The molecule has 0 radical (unpaired) electrons. The third-order valence-electron chi connectivity index (χ3n) is 5.38. The van der Waals surface area contributed by atoms with Crippen molar-refractivity contribution in [2.24, 2.45) is 0 Å². The summed E-state index contributed by atoms with van der Waals surface area (Å²) in [5.41, 5.74) is 1.80. The molecule has 4 aromatic rings. The van der Waals surface area contributed by atoms with E-state index in [9.17, 15) is 9.59 Å². The molecule has 0 bridgehead atoms. The second kappa shape index (κ2) is 10.1. The zero-order chi connectivity index (χ0) is 25.0. The largest absolute Gasteiger partial charge is 0.488 e. The number of fused-ring (bicyclic) bond motifs is 1. The molecule has 2 N–H and O–H groups in total. The normalized spacial score (nSPS) is 11.2. The summed E-state index contributed by atoms with van der Waals surface area (Å²) in [6.45, 7) is 6.56. The van der Waals surface area contributed by atoms with Crippen LogP contribution in [0.2, 0.25) is 0 Å². The molecule has 4 rings (SSSR count). The Morgan fingerprint density at radius 2 is 1.69 bits per heavy atom. The number of aromatic nitrogens is 1. The molecule has 7 nitrogen and oxygen atoms in total. The number of rotatable bonds is 6. The van der Waals surface area contributed by atoms with E-state index in [1.165, 1.54) is 18.4 Å². The van der Waals surface area contributed by atoms with E-state index < -0.39 is 12.0 Å². The molecule has 0 saturated heterocycles. The molecular formula is C27H27N3O4S. The lowest BCUT2D eigenvalue weighted by atomic mass is 9.94. The van der Waals surface area contributed by atoms with Crippen LogP contribution in [-0.2, 0) is 16.8 Å². The van der Waals surface area contributed by atoms with Gasteiger partial charge in [-0.3, -0.25) is 10.3 Å². The predicted molar refractivity (Wildman–Crippen MR) is 140 cm³/mol. The molecule has 35 heavy (non-hydrogen) atoms. The van der Waals surface area contributed by atoms with Crippen LogP contribution in [0.25, 0.3) is 10.8 Å². The number of methoxy groups -OCH3 is 1. The third kappa shape index (κ3) is 5.60. The minimum Gasteiger partial charge on any atom is -0.488 e. The molecule has 180 valence electrons. The average Bonchev–Trinajstić information content (AvgIpc) is 3.28. The lowest BCUT2D eigenvalue weighted by Crippen LogP contribution is -2.20. The van der Waals surface area contributed by atoms with Crippen molar-refractivity contribution in [3.8, 4) is 5.75 Å². The van der Waals surface area contributed by atoms with Crippen molar-refractivity contribution in [2.75, 3.05) is 17.7 Å². The maximum Gasteiger partial charge on any atom is 0.340 e. The molecule has 2 aromatic carbocycles. The number of hydrogen-bond acceptors (Lipinski definition) is 6. The summed E-state index contributed by atoms with van der Waals surface area (Å²) >= 11 is 1.36. The first-order valence-electron chi connectivity index (χ1n) is 11.1. The summed E-state index contributed by atoms with van der Waals surface area (Å²) in [6, 6.07) is 16.5. The standard InChI is InChI=1S/C27H27N3O4S/c1-27(2,3)23-15-20(25(31)33-4)24(35-23)30-26(32)29-21-9-10-22(19-8-6-5-7-18(19)21)34-16-17-11-13-28-14-12-17/h5-15H,16H2,1-4H3,(H2,29,30,32). The quantitative estimate of drug-likeness (QED) is 0.298. The Bertz CT molecular complexity index is 1360. The highest BCUT2D eigenvalue weighted by Crippen LogP contribution is 2.37. The molecule has 2 aromatic heterocycles. The van der Waals surface area contributed by atoms with Crippen molar-refractivity contribution in [2.45, 2.75) is 32.8 Å². The number of hydrogen-bond donors (Lipinski definition) is 2. The number of amides is 2. The maximum atomic E-state index is 12.9. The topological polar surface area (TPSA) is 89.5 Å². The van der Waals surface area contributed by atoms with Crippen LogP contribution in [0.3, 0.4) is 0 Å². The lowest BCUT2D eigenvalue weighted by Gasteiger charge is -2.15. The Morgan fingerprint density at radius 1 is 0.971 bits per heavy atom. The number of nitrogens with one attached hydrogen (secondary N) is 2. The number of benzene rings is 2. The van der Waals surface area contributed by atoms with Crippen LogP contribution in [0.15, 0.2) is 67.0 Å². The number of anilines is 2. The Morgan fingerprint density at radius 3 is 2.37 bits per heavy atom. The van der Waals surface area contributed by atoms with Gasteiger partial charge in [0.1, 0.15) is 17.4 Å². The molecule has 0 aliphatic heterocycles. The number of nitrogens with zero attached hydrogens (tertiary/aromatic N) is 1. The van der Waals surface area contributed by atoms with E-state index in [0.717, 1.165) is 21.2 Å². The zero-order valence-corrected chi connectivity index (χ0v) is 20.9. The Labute approximate surface area is 208 Å². The molecule has 8 heteroatoms. The van der Waals surface area contributed by atoms with Gasteiger partial charge in [0.15, 0.2) is 0 Å². The van der Waals surface area contributed by atoms with E-state index in [1.54, 1.807) is 24.5 Å². The number of carbonyl (C=O) groups is 2. The van der Waals surface area contributed by atoms with Gasteiger partial charge in [-0.05, 0) is 41.3 Å². The van der Waals surface area contributed by atoms with Crippen LogP contribution in [0.5, 0.6) is 5.75 Å². The molecule has 0 spiro atoms. The van der Waals surface area contributed by atoms with Gasteiger partial charge in [0, 0.05) is 28.0 Å². The van der Waals surface area contributed by atoms with E-state index in [-0.39, 0.29) is 5.41 Å². The second-order valence-corrected chi connectivity index (χ2v) is 10.0. The molecule has 2 heterocycles. The van der Waals surface area contributed by atoms with E-state index in [0.29, 0.717) is 28.6 Å². The van der Waals surface area contributed by atoms with Gasteiger partial charge in [-0.25, -0.2) is 9.59 Å². The summed E-state index contributed by atoms with van der Waals surface area (Å²) in [4.78, 5) is 30.2. The monoisotopic (exact) mass is 489 g/mol. The summed E-state index contributed by atoms with van der Waals surface area (Å²) in [6.07, 6.45) is 3.46. The van der Waals surface area contributed by atoms with Crippen LogP contribution in [0.1, 0.15) is 41.6 Å². The fourth-order valence-corrected chi connectivity index (χ4v) is 4.62. The Kier molecular flexibility index (Phi) is 7.02. The average molecular weight is 490 g/mol. The van der Waals surface area contributed by atoms with E-state index in [4.69, 9.17) is 9.47 Å². The van der Waals surface area contributed by atoms with Crippen LogP contribution in [0.4, 0.5) is 15.5 Å². The first-order valence-corrected chi connectivity index (χ1v) is 11.9. The van der Waals surface area contributed by atoms with Crippen LogP contribution < -0.4 is 15.4 Å². The van der Waals surface area contributed by atoms with Crippen molar-refractivity contribution in [3.05, 3.63) is 83.0 Å². The first kappa shape index (κ1) is 24.2. The molecular weight excluding hydrogens is 462 g/mol. The summed E-state index contributed by atoms with van der Waals surface area (Å²) in [5, 5.41) is 7.89. The molecule has 2 amide bonds. The van der Waals surface area contributed by atoms with Gasteiger partial charge in [-0.15, -0.1) is 11.3 Å². The minimum atomic E-state index is -0.492. The summed E-state index contributed by atoms with van der Waals surface area (Å²) < 4.78 is 11.0. The van der Waals surface area contributed by atoms with Crippen LogP contribution in [-0.4, -0.2) is 24.1 Å². The van der Waals surface area contributed by atoms with Crippen LogP contribution in [0, 0.1) is 0 Å². The maximum absolute atomic E-state index is 12.9. The zero-order valence-electron chi connectivity index (χ0n) is 20.0. The predicted octanol–water partition coefficient (Wildman–Crippen LogP) is 6.60. The van der Waals surface area contributed by atoms with Gasteiger partial charge < -0.3 is 14.8 Å². The summed E-state index contributed by atoms with van der Waals surface area (Å²) in [5.74, 6) is 0.220. The van der Waals surface area contributed by atoms with E-state index >= 15 is 0 Å².